The molecule has 0 unspecified atom stereocenters. The van der Waals surface area contributed by atoms with Crippen LogP contribution in [0.15, 0.2) is 114 Å². The van der Waals surface area contributed by atoms with Gasteiger partial charge in [-0.05, 0) is 63.8 Å². The van der Waals surface area contributed by atoms with E-state index in [0.717, 1.165) is 33.3 Å². The Morgan fingerprint density at radius 2 is 1.45 bits per heavy atom. The Morgan fingerprint density at radius 3 is 2.27 bits per heavy atom. The summed E-state index contributed by atoms with van der Waals surface area (Å²) in [5, 5.41) is 3.43. The Morgan fingerprint density at radius 1 is 0.775 bits per heavy atom. The molecular formula is C33H23NO5S. The number of hydrogen-bond donors (Lipinski definition) is 0. The second-order valence-corrected chi connectivity index (χ2v) is 10.1. The first-order valence-corrected chi connectivity index (χ1v) is 13.5. The number of benzene rings is 5. The Labute approximate surface area is 234 Å². The molecule has 196 valence electrons. The molecule has 40 heavy (non-hydrogen) atoms. The molecule has 2 amide bonds. The number of nitrogens with zero attached hydrogens (tertiary/aromatic N) is 1. The smallest absolute Gasteiger partial charge is 0.344 e. The van der Waals surface area contributed by atoms with E-state index in [4.69, 9.17) is 9.47 Å². The van der Waals surface area contributed by atoms with Gasteiger partial charge in [-0.3, -0.25) is 14.5 Å². The molecule has 0 N–H and O–H groups in total. The van der Waals surface area contributed by atoms with E-state index in [0.29, 0.717) is 27.5 Å². The van der Waals surface area contributed by atoms with Crippen molar-refractivity contribution in [1.29, 1.82) is 0 Å². The molecule has 5 aromatic rings. The predicted molar refractivity (Wildman–Crippen MR) is 157 cm³/mol. The van der Waals surface area contributed by atoms with Crippen molar-refractivity contribution in [2.75, 3.05) is 13.2 Å². The highest BCUT2D eigenvalue weighted by Crippen LogP contribution is 2.33. The van der Waals surface area contributed by atoms with Gasteiger partial charge in [0.15, 0.2) is 0 Å². The minimum absolute atomic E-state index is 0.133. The number of ether oxygens (including phenoxy) is 2. The maximum absolute atomic E-state index is 13.0. The van der Waals surface area contributed by atoms with Gasteiger partial charge in [-0.25, -0.2) is 4.79 Å². The Bertz CT molecular complexity index is 1800. The zero-order chi connectivity index (χ0) is 27.5. The van der Waals surface area contributed by atoms with Crippen LogP contribution in [0.1, 0.15) is 15.9 Å². The summed E-state index contributed by atoms with van der Waals surface area (Å²) in [7, 11) is 0. The van der Waals surface area contributed by atoms with E-state index in [2.05, 4.69) is 0 Å². The minimum atomic E-state index is -0.472. The summed E-state index contributed by atoms with van der Waals surface area (Å²) >= 11 is 0.879. The summed E-state index contributed by atoms with van der Waals surface area (Å²) in [5.41, 5.74) is 1.11. The van der Waals surface area contributed by atoms with E-state index in [1.807, 2.05) is 78.9 Å². The minimum Gasteiger partial charge on any atom is -0.491 e. The van der Waals surface area contributed by atoms with E-state index in [9.17, 15) is 14.4 Å². The van der Waals surface area contributed by atoms with Crippen LogP contribution in [0, 0.1) is 0 Å². The Hall–Kier alpha value is -4.88. The molecule has 1 aliphatic heterocycles. The quantitative estimate of drug-likeness (QED) is 0.121. The molecule has 0 saturated carbocycles. The molecule has 5 aromatic carbocycles. The Balaban J connectivity index is 1.13. The lowest BCUT2D eigenvalue weighted by atomic mass is 10.0. The molecule has 1 saturated heterocycles. The number of esters is 1. The maximum atomic E-state index is 13.0. The molecule has 0 spiro atoms. The molecule has 6 rings (SSSR count). The van der Waals surface area contributed by atoms with Crippen molar-refractivity contribution in [1.82, 2.24) is 4.90 Å². The van der Waals surface area contributed by atoms with Gasteiger partial charge in [0.05, 0.1) is 17.0 Å². The summed E-state index contributed by atoms with van der Waals surface area (Å²) in [6, 6.07) is 33.6. The molecule has 0 atom stereocenters. The molecule has 0 aliphatic carbocycles. The largest absolute Gasteiger partial charge is 0.491 e. The average molecular weight is 546 g/mol. The van der Waals surface area contributed by atoms with Gasteiger partial charge in [0, 0.05) is 5.39 Å². The fraction of sp³-hybridized carbons (Fsp3) is 0.0606. The highest BCUT2D eigenvalue weighted by atomic mass is 32.2. The first-order valence-electron chi connectivity index (χ1n) is 12.7. The van der Waals surface area contributed by atoms with E-state index in [1.165, 1.54) is 4.90 Å². The maximum Gasteiger partial charge on any atom is 0.344 e. The number of amides is 2. The van der Waals surface area contributed by atoms with Crippen LogP contribution in [0.25, 0.3) is 27.6 Å². The number of fused-ring (bicyclic) bond motifs is 2. The zero-order valence-electron chi connectivity index (χ0n) is 21.3. The van der Waals surface area contributed by atoms with Crippen molar-refractivity contribution in [3.05, 3.63) is 125 Å². The molecule has 1 aliphatic rings. The van der Waals surface area contributed by atoms with Gasteiger partial charge in [-0.1, -0.05) is 84.9 Å². The fourth-order valence-electron chi connectivity index (χ4n) is 4.65. The van der Waals surface area contributed by atoms with Crippen molar-refractivity contribution >= 4 is 56.5 Å². The first kappa shape index (κ1) is 25.4. The van der Waals surface area contributed by atoms with E-state index < -0.39 is 5.97 Å². The summed E-state index contributed by atoms with van der Waals surface area (Å²) in [6.07, 6.45) is 1.63. The van der Waals surface area contributed by atoms with Crippen LogP contribution >= 0.6 is 11.8 Å². The van der Waals surface area contributed by atoms with Crippen molar-refractivity contribution in [2.45, 2.75) is 0 Å². The van der Waals surface area contributed by atoms with Gasteiger partial charge in [0.25, 0.3) is 11.1 Å². The third-order valence-corrected chi connectivity index (χ3v) is 7.48. The van der Waals surface area contributed by atoms with Gasteiger partial charge in [-0.2, -0.15) is 0 Å². The number of imide groups is 1. The summed E-state index contributed by atoms with van der Waals surface area (Å²) in [5.74, 6) is 0.194. The van der Waals surface area contributed by atoms with Crippen LogP contribution in [-0.4, -0.2) is 35.2 Å². The third kappa shape index (κ3) is 5.19. The van der Waals surface area contributed by atoms with Gasteiger partial charge in [0.1, 0.15) is 18.1 Å². The number of rotatable bonds is 7. The van der Waals surface area contributed by atoms with Crippen molar-refractivity contribution in [3.8, 4) is 11.5 Å². The third-order valence-electron chi connectivity index (χ3n) is 6.57. The number of hydrogen-bond acceptors (Lipinski definition) is 6. The van der Waals surface area contributed by atoms with Crippen molar-refractivity contribution in [2.24, 2.45) is 0 Å². The lowest BCUT2D eigenvalue weighted by Crippen LogP contribution is -2.32. The monoisotopic (exact) mass is 545 g/mol. The topological polar surface area (TPSA) is 72.9 Å². The van der Waals surface area contributed by atoms with Gasteiger partial charge in [-0.15, -0.1) is 0 Å². The predicted octanol–water partition coefficient (Wildman–Crippen LogP) is 7.33. The van der Waals surface area contributed by atoms with Gasteiger partial charge >= 0.3 is 5.97 Å². The lowest BCUT2D eigenvalue weighted by Gasteiger charge is -2.14. The summed E-state index contributed by atoms with van der Waals surface area (Å²) in [4.78, 5) is 40.1. The molecular weight excluding hydrogens is 522 g/mol. The Kier molecular flexibility index (Phi) is 7.04. The second-order valence-electron chi connectivity index (χ2n) is 9.15. The lowest BCUT2D eigenvalue weighted by molar-refractivity contribution is -0.123. The highest BCUT2D eigenvalue weighted by molar-refractivity contribution is 8.18. The zero-order valence-corrected chi connectivity index (χ0v) is 22.1. The molecule has 0 bridgehead atoms. The number of thioether (sulfide) groups is 1. The van der Waals surface area contributed by atoms with Gasteiger partial charge < -0.3 is 9.47 Å². The van der Waals surface area contributed by atoms with Crippen LogP contribution in [-0.2, 0) is 4.79 Å². The van der Waals surface area contributed by atoms with Crippen LogP contribution < -0.4 is 9.47 Å². The number of carbonyl (C=O) groups is 3. The van der Waals surface area contributed by atoms with E-state index in [1.54, 1.807) is 36.4 Å². The van der Waals surface area contributed by atoms with Crippen molar-refractivity contribution in [3.63, 3.8) is 0 Å². The van der Waals surface area contributed by atoms with Crippen molar-refractivity contribution < 1.29 is 23.9 Å². The standard InChI is InChI=1S/C33H23NO5S/c35-31-30(40-33(37)34(31)18-19-38-29-17-7-12-24-10-2-4-15-27(24)29)21-22-8-5-13-25(20-22)39-32(36)28-16-6-11-23-9-1-3-14-26(23)28/h1-17,20-21H,18-19H2/b30-21-. The molecule has 1 fully saturated rings. The normalized spacial score (nSPS) is 14.3. The fourth-order valence-corrected chi connectivity index (χ4v) is 5.51. The molecule has 0 aromatic heterocycles. The molecule has 6 nitrogen and oxygen atoms in total. The van der Waals surface area contributed by atoms with E-state index in [-0.39, 0.29) is 24.3 Å². The van der Waals surface area contributed by atoms with Gasteiger partial charge in [0.2, 0.25) is 0 Å². The SMILES string of the molecule is O=C(Oc1cccc(/C=C2\SC(=O)N(CCOc3cccc4ccccc34)C2=O)c1)c1cccc2ccccc12. The van der Waals surface area contributed by atoms with E-state index >= 15 is 0 Å². The van der Waals surface area contributed by atoms with Crippen LogP contribution in [0.2, 0.25) is 0 Å². The summed E-state index contributed by atoms with van der Waals surface area (Å²) in [6.45, 7) is 0.312. The molecule has 1 heterocycles. The number of carbonyl (C=O) groups excluding carboxylic acids is 3. The molecule has 0 radical (unpaired) electrons. The first-order chi connectivity index (χ1) is 19.6. The summed E-state index contributed by atoms with van der Waals surface area (Å²) < 4.78 is 11.6. The average Bonchev–Trinajstić information content (AvgIpc) is 3.24. The van der Waals surface area contributed by atoms with Crippen LogP contribution in [0.4, 0.5) is 4.79 Å². The molecule has 7 heteroatoms. The highest BCUT2D eigenvalue weighted by Gasteiger charge is 2.34. The second kappa shape index (κ2) is 11.1. The van der Waals surface area contributed by atoms with Crippen LogP contribution in [0.3, 0.4) is 0 Å². The van der Waals surface area contributed by atoms with Crippen LogP contribution in [0.5, 0.6) is 11.5 Å².